The predicted molar refractivity (Wildman–Crippen MR) is 66.3 cm³/mol. The van der Waals surface area contributed by atoms with Crippen LogP contribution >= 0.6 is 0 Å². The molecule has 0 radical (unpaired) electrons. The molecule has 1 aromatic carbocycles. The van der Waals surface area contributed by atoms with Crippen molar-refractivity contribution in [2.24, 2.45) is 5.92 Å². The van der Waals surface area contributed by atoms with E-state index in [0.717, 1.165) is 12.0 Å². The van der Waals surface area contributed by atoms with Crippen LogP contribution in [0.1, 0.15) is 24.9 Å². The molecule has 2 nitrogen and oxygen atoms in total. The van der Waals surface area contributed by atoms with E-state index >= 15 is 0 Å². The lowest BCUT2D eigenvalue weighted by molar-refractivity contribution is -0.0345. The Morgan fingerprint density at radius 2 is 2.12 bits per heavy atom. The van der Waals surface area contributed by atoms with Crippen molar-refractivity contribution in [3.8, 4) is 0 Å². The van der Waals surface area contributed by atoms with Crippen molar-refractivity contribution in [2.75, 3.05) is 19.6 Å². The van der Waals surface area contributed by atoms with E-state index in [1.165, 1.54) is 31.6 Å². The lowest BCUT2D eigenvalue weighted by Gasteiger charge is -2.53. The largest absolute Gasteiger partial charge is 0.315 e. The van der Waals surface area contributed by atoms with Crippen LogP contribution in [0, 0.1) is 5.92 Å². The van der Waals surface area contributed by atoms with Crippen molar-refractivity contribution in [2.45, 2.75) is 25.4 Å². The smallest absolute Gasteiger partial charge is 0.0323 e. The molecule has 2 heteroatoms. The second kappa shape index (κ2) is 4.19. The quantitative estimate of drug-likeness (QED) is 0.814. The summed E-state index contributed by atoms with van der Waals surface area (Å²) in [5.74, 6) is 0.951. The van der Waals surface area contributed by atoms with Gasteiger partial charge in [0.25, 0.3) is 0 Å². The Labute approximate surface area is 97.6 Å². The topological polar surface area (TPSA) is 15.3 Å². The van der Waals surface area contributed by atoms with Crippen LogP contribution in [0.2, 0.25) is 0 Å². The molecule has 0 amide bonds. The van der Waals surface area contributed by atoms with Crippen LogP contribution in [0.25, 0.3) is 0 Å². The van der Waals surface area contributed by atoms with Gasteiger partial charge in [0, 0.05) is 25.2 Å². The van der Waals surface area contributed by atoms with Gasteiger partial charge < -0.3 is 5.32 Å². The third kappa shape index (κ3) is 1.66. The van der Waals surface area contributed by atoms with Crippen molar-refractivity contribution >= 4 is 0 Å². The maximum absolute atomic E-state index is 3.51. The fourth-order valence-electron chi connectivity index (χ4n) is 3.13. The zero-order valence-corrected chi connectivity index (χ0v) is 9.89. The Hall–Kier alpha value is -0.860. The normalized spacial score (nSPS) is 31.6. The van der Waals surface area contributed by atoms with E-state index in [1.54, 1.807) is 0 Å². The first-order valence-electron chi connectivity index (χ1n) is 6.37. The molecule has 86 valence electrons. The van der Waals surface area contributed by atoms with E-state index < -0.39 is 0 Å². The monoisotopic (exact) mass is 216 g/mol. The van der Waals surface area contributed by atoms with Gasteiger partial charge in [-0.05, 0) is 31.4 Å². The van der Waals surface area contributed by atoms with Crippen LogP contribution in [-0.4, -0.2) is 30.6 Å². The predicted octanol–water partition coefficient (Wildman–Crippen LogP) is 2.04. The van der Waals surface area contributed by atoms with E-state index in [4.69, 9.17) is 0 Å². The molecule has 0 aliphatic carbocycles. The van der Waals surface area contributed by atoms with Crippen LogP contribution in [-0.2, 0) is 0 Å². The summed E-state index contributed by atoms with van der Waals surface area (Å²) >= 11 is 0. The molecule has 2 saturated heterocycles. The van der Waals surface area contributed by atoms with Crippen molar-refractivity contribution < 1.29 is 0 Å². The van der Waals surface area contributed by atoms with Gasteiger partial charge in [-0.2, -0.15) is 0 Å². The van der Waals surface area contributed by atoms with E-state index in [2.05, 4.69) is 47.5 Å². The summed E-state index contributed by atoms with van der Waals surface area (Å²) in [5, 5.41) is 3.51. The van der Waals surface area contributed by atoms with Crippen LogP contribution in [0.5, 0.6) is 0 Å². The van der Waals surface area contributed by atoms with E-state index in [-0.39, 0.29) is 0 Å². The lowest BCUT2D eigenvalue weighted by Crippen LogP contribution is -2.63. The highest BCUT2D eigenvalue weighted by Crippen LogP contribution is 2.36. The summed E-state index contributed by atoms with van der Waals surface area (Å²) in [7, 11) is 0. The second-order valence-corrected chi connectivity index (χ2v) is 5.10. The fraction of sp³-hybridized carbons (Fsp3) is 0.571. The van der Waals surface area contributed by atoms with Gasteiger partial charge in [0.2, 0.25) is 0 Å². The van der Waals surface area contributed by atoms with E-state index in [9.17, 15) is 0 Å². The molecule has 2 aliphatic rings. The highest BCUT2D eigenvalue weighted by atomic mass is 15.3. The molecule has 3 rings (SSSR count). The van der Waals surface area contributed by atoms with Crippen molar-refractivity contribution in [1.82, 2.24) is 10.2 Å². The van der Waals surface area contributed by atoms with Crippen molar-refractivity contribution in [3.05, 3.63) is 35.9 Å². The van der Waals surface area contributed by atoms with Gasteiger partial charge in [-0.25, -0.2) is 0 Å². The summed E-state index contributed by atoms with van der Waals surface area (Å²) in [6, 6.07) is 12.2. The first-order chi connectivity index (χ1) is 7.86. The molecule has 1 aromatic rings. The Balaban J connectivity index is 1.70. The second-order valence-electron chi connectivity index (χ2n) is 5.10. The van der Waals surface area contributed by atoms with Crippen LogP contribution < -0.4 is 5.32 Å². The van der Waals surface area contributed by atoms with Gasteiger partial charge in [-0.15, -0.1) is 0 Å². The number of rotatable bonds is 2. The van der Waals surface area contributed by atoms with Crippen LogP contribution in [0.3, 0.4) is 0 Å². The number of likely N-dealkylation sites (tertiary alicyclic amines) is 1. The van der Waals surface area contributed by atoms with Gasteiger partial charge in [0.15, 0.2) is 0 Å². The van der Waals surface area contributed by atoms with Gasteiger partial charge in [0.05, 0.1) is 0 Å². The number of fused-ring (bicyclic) bond motifs is 1. The molecule has 2 aliphatic heterocycles. The maximum atomic E-state index is 3.51. The standard InChI is InChI=1S/C14H20N2/c1-11(12-5-3-2-4-6-12)16-10-13-7-8-15-9-14(13)16/h2-6,11,13-15H,7-10H2,1H3/t11?,13-,14-/m1/s1. The molecule has 2 heterocycles. The Bertz CT molecular complexity index is 349. The first-order valence-corrected chi connectivity index (χ1v) is 6.37. The molecule has 1 unspecified atom stereocenters. The summed E-state index contributed by atoms with van der Waals surface area (Å²) in [4.78, 5) is 2.64. The number of benzene rings is 1. The summed E-state index contributed by atoms with van der Waals surface area (Å²) in [6.07, 6.45) is 1.36. The Kier molecular flexibility index (Phi) is 2.70. The fourth-order valence-corrected chi connectivity index (χ4v) is 3.13. The molecule has 0 spiro atoms. The molecule has 0 saturated carbocycles. The highest BCUT2D eigenvalue weighted by molar-refractivity contribution is 5.19. The molecule has 16 heavy (non-hydrogen) atoms. The van der Waals surface area contributed by atoms with Gasteiger partial charge >= 0.3 is 0 Å². The van der Waals surface area contributed by atoms with Crippen molar-refractivity contribution in [1.29, 1.82) is 0 Å². The molecule has 2 fully saturated rings. The molecule has 1 N–H and O–H groups in total. The molecular weight excluding hydrogens is 196 g/mol. The SMILES string of the molecule is CC(c1ccccc1)N1C[C@H]2CCNC[C@H]21. The maximum Gasteiger partial charge on any atom is 0.0323 e. The summed E-state index contributed by atoms with van der Waals surface area (Å²) in [6.45, 7) is 6.03. The molecule has 3 atom stereocenters. The van der Waals surface area contributed by atoms with Crippen LogP contribution in [0.4, 0.5) is 0 Å². The first kappa shape index (κ1) is 10.3. The number of nitrogens with zero attached hydrogens (tertiary/aromatic N) is 1. The molecule has 0 aromatic heterocycles. The molecular formula is C14H20N2. The van der Waals surface area contributed by atoms with E-state index in [1.807, 2.05) is 0 Å². The van der Waals surface area contributed by atoms with Crippen molar-refractivity contribution in [3.63, 3.8) is 0 Å². The minimum atomic E-state index is 0.572. The zero-order chi connectivity index (χ0) is 11.0. The average Bonchev–Trinajstić information content (AvgIpc) is 2.32. The lowest BCUT2D eigenvalue weighted by atomic mass is 9.81. The highest BCUT2D eigenvalue weighted by Gasteiger charge is 2.42. The number of hydrogen-bond donors (Lipinski definition) is 1. The number of piperidine rings is 1. The van der Waals surface area contributed by atoms with E-state index in [0.29, 0.717) is 6.04 Å². The third-order valence-electron chi connectivity index (χ3n) is 4.24. The average molecular weight is 216 g/mol. The number of nitrogens with one attached hydrogen (secondary N) is 1. The Morgan fingerprint density at radius 3 is 2.88 bits per heavy atom. The zero-order valence-electron chi connectivity index (χ0n) is 9.89. The van der Waals surface area contributed by atoms with Gasteiger partial charge in [0.1, 0.15) is 0 Å². The third-order valence-corrected chi connectivity index (χ3v) is 4.24. The summed E-state index contributed by atoms with van der Waals surface area (Å²) < 4.78 is 0. The molecule has 0 bridgehead atoms. The minimum absolute atomic E-state index is 0.572. The Morgan fingerprint density at radius 1 is 1.31 bits per heavy atom. The number of hydrogen-bond acceptors (Lipinski definition) is 2. The van der Waals surface area contributed by atoms with Crippen LogP contribution in [0.15, 0.2) is 30.3 Å². The van der Waals surface area contributed by atoms with Gasteiger partial charge in [-0.1, -0.05) is 30.3 Å². The van der Waals surface area contributed by atoms with Gasteiger partial charge in [-0.3, -0.25) is 4.90 Å². The summed E-state index contributed by atoms with van der Waals surface area (Å²) in [5.41, 5.74) is 1.45. The minimum Gasteiger partial charge on any atom is -0.315 e.